The zero-order valence-corrected chi connectivity index (χ0v) is 23.7. The molecule has 4 aromatic rings. The molecule has 1 aliphatic heterocycles. The summed E-state index contributed by atoms with van der Waals surface area (Å²) >= 11 is 1.56. The molecule has 0 bridgehead atoms. The average molecular weight is 567 g/mol. The number of anilines is 1. The Labute approximate surface area is 236 Å². The number of amides is 2. The molecular formula is C29H32F2N6O2S. The van der Waals surface area contributed by atoms with Gasteiger partial charge in [0, 0.05) is 38.2 Å². The van der Waals surface area contributed by atoms with Gasteiger partial charge < -0.3 is 10.1 Å². The van der Waals surface area contributed by atoms with E-state index in [0.717, 1.165) is 38.6 Å². The van der Waals surface area contributed by atoms with Gasteiger partial charge in [0.2, 0.25) is 0 Å². The summed E-state index contributed by atoms with van der Waals surface area (Å²) in [5, 5.41) is 11.9. The van der Waals surface area contributed by atoms with Crippen LogP contribution in [0.1, 0.15) is 27.7 Å². The third kappa shape index (κ3) is 5.77. The molecule has 1 fully saturated rings. The molecule has 2 amide bonds. The smallest absolute Gasteiger partial charge is 0.320 e. The summed E-state index contributed by atoms with van der Waals surface area (Å²) in [6, 6.07) is 12.8. The highest BCUT2D eigenvalue weighted by Crippen LogP contribution is 2.36. The Morgan fingerprint density at radius 2 is 1.88 bits per heavy atom. The van der Waals surface area contributed by atoms with E-state index in [9.17, 15) is 13.6 Å². The Morgan fingerprint density at radius 3 is 2.55 bits per heavy atom. The van der Waals surface area contributed by atoms with Crippen LogP contribution in [0.25, 0.3) is 16.3 Å². The first kappa shape index (κ1) is 27.9. The minimum Gasteiger partial charge on any atom is -0.383 e. The molecule has 8 nitrogen and oxygen atoms in total. The van der Waals surface area contributed by atoms with Crippen molar-refractivity contribution in [2.45, 2.75) is 32.7 Å². The fourth-order valence-electron chi connectivity index (χ4n) is 5.19. The summed E-state index contributed by atoms with van der Waals surface area (Å²) in [7, 11) is 1.63. The molecule has 3 heterocycles. The van der Waals surface area contributed by atoms with E-state index in [1.54, 1.807) is 29.2 Å². The predicted molar refractivity (Wildman–Crippen MR) is 152 cm³/mol. The van der Waals surface area contributed by atoms with E-state index >= 15 is 0 Å². The number of para-hydroxylation sites is 1. The van der Waals surface area contributed by atoms with E-state index in [0.29, 0.717) is 37.6 Å². The Balaban J connectivity index is 1.43. The van der Waals surface area contributed by atoms with Gasteiger partial charge in [0.05, 0.1) is 33.9 Å². The van der Waals surface area contributed by atoms with E-state index in [4.69, 9.17) is 9.84 Å². The van der Waals surface area contributed by atoms with E-state index < -0.39 is 17.7 Å². The second kappa shape index (κ2) is 11.8. The van der Waals surface area contributed by atoms with Crippen LogP contribution in [0, 0.1) is 32.4 Å². The summed E-state index contributed by atoms with van der Waals surface area (Å²) in [5.41, 5.74) is 3.89. The van der Waals surface area contributed by atoms with Gasteiger partial charge in [-0.05, 0) is 50.6 Å². The van der Waals surface area contributed by atoms with Crippen molar-refractivity contribution in [2.75, 3.05) is 38.7 Å². The summed E-state index contributed by atoms with van der Waals surface area (Å²) in [6.45, 7) is 8.14. The van der Waals surface area contributed by atoms with Crippen LogP contribution in [0.3, 0.4) is 0 Å². The predicted octanol–water partition coefficient (Wildman–Crippen LogP) is 5.44. The highest BCUT2D eigenvalue weighted by atomic mass is 32.1. The van der Waals surface area contributed by atoms with Crippen LogP contribution < -0.4 is 10.6 Å². The van der Waals surface area contributed by atoms with Gasteiger partial charge in [-0.1, -0.05) is 24.3 Å². The number of halogens is 2. The fraction of sp³-hybridized carbons (Fsp3) is 0.345. The summed E-state index contributed by atoms with van der Waals surface area (Å²) in [5.74, 6) is -1.48. The lowest BCUT2D eigenvalue weighted by Gasteiger charge is -2.21. The van der Waals surface area contributed by atoms with Gasteiger partial charge in [-0.2, -0.15) is 5.10 Å². The Bertz CT molecular complexity index is 1510. The van der Waals surface area contributed by atoms with Crippen molar-refractivity contribution in [1.29, 1.82) is 0 Å². The zero-order valence-electron chi connectivity index (χ0n) is 22.9. The molecule has 1 saturated heterocycles. The Kier molecular flexibility index (Phi) is 8.24. The van der Waals surface area contributed by atoms with Gasteiger partial charge in [0.25, 0.3) is 0 Å². The number of ether oxygens (including phenoxy) is 1. The number of hydrogen-bond donors (Lipinski definition) is 2. The molecule has 0 spiro atoms. The van der Waals surface area contributed by atoms with Gasteiger partial charge in [-0.3, -0.25) is 10.2 Å². The van der Waals surface area contributed by atoms with Crippen molar-refractivity contribution in [2.24, 2.45) is 0 Å². The minimum absolute atomic E-state index is 0.226. The number of carbonyl (C=O) groups is 1. The van der Waals surface area contributed by atoms with Crippen LogP contribution in [0.5, 0.6) is 0 Å². The fourth-order valence-corrected chi connectivity index (χ4v) is 6.15. The van der Waals surface area contributed by atoms with E-state index in [1.807, 2.05) is 51.1 Å². The number of nitrogens with zero attached hydrogens (tertiary/aromatic N) is 4. The summed E-state index contributed by atoms with van der Waals surface area (Å²) < 4.78 is 34.7. The van der Waals surface area contributed by atoms with Crippen molar-refractivity contribution in [3.8, 4) is 16.3 Å². The number of thiazole rings is 1. The van der Waals surface area contributed by atoms with Gasteiger partial charge in [-0.15, -0.1) is 11.3 Å². The number of likely N-dealkylation sites (tertiary alicyclic amines) is 1. The number of benzene rings is 2. The van der Waals surface area contributed by atoms with Crippen LogP contribution in [0.15, 0.2) is 48.5 Å². The van der Waals surface area contributed by atoms with Crippen LogP contribution in [0.2, 0.25) is 0 Å². The number of urea groups is 1. The van der Waals surface area contributed by atoms with Gasteiger partial charge in [0.15, 0.2) is 11.6 Å². The molecule has 1 aliphatic rings. The van der Waals surface area contributed by atoms with E-state index in [2.05, 4.69) is 20.5 Å². The molecule has 0 saturated carbocycles. The molecular weight excluding hydrogens is 534 g/mol. The van der Waals surface area contributed by atoms with Crippen molar-refractivity contribution in [3.63, 3.8) is 0 Å². The number of rotatable bonds is 8. The monoisotopic (exact) mass is 566 g/mol. The number of carbonyl (C=O) groups excluding carboxylic acids is 1. The maximum absolute atomic E-state index is 14.1. The maximum Gasteiger partial charge on any atom is 0.320 e. The van der Waals surface area contributed by atoms with Gasteiger partial charge in [0.1, 0.15) is 11.5 Å². The van der Waals surface area contributed by atoms with Crippen LogP contribution >= 0.6 is 11.3 Å². The molecule has 210 valence electrons. The molecule has 2 aromatic carbocycles. The maximum atomic E-state index is 14.1. The highest BCUT2D eigenvalue weighted by molar-refractivity contribution is 7.15. The molecule has 40 heavy (non-hydrogen) atoms. The van der Waals surface area contributed by atoms with Crippen molar-refractivity contribution >= 4 is 23.2 Å². The van der Waals surface area contributed by atoms with Crippen molar-refractivity contribution in [1.82, 2.24) is 25.0 Å². The quantitative estimate of drug-likeness (QED) is 0.297. The molecule has 0 radical (unpaired) electrons. The molecule has 2 unspecified atom stereocenters. The summed E-state index contributed by atoms with van der Waals surface area (Å²) in [4.78, 5) is 21.1. The van der Waals surface area contributed by atoms with Gasteiger partial charge in [-0.25, -0.2) is 23.2 Å². The number of nitrogens with one attached hydrogen (secondary N) is 2. The minimum atomic E-state index is -0.903. The van der Waals surface area contributed by atoms with E-state index in [-0.39, 0.29) is 12.0 Å². The lowest BCUT2D eigenvalue weighted by atomic mass is 9.94. The van der Waals surface area contributed by atoms with E-state index in [1.165, 1.54) is 6.07 Å². The standard InChI is InChI=1S/C29H32F2N6O2S/c1-17-26(27-18(2)32-19(3)40-27)35-37(21-8-6-5-7-9-21)28(17)34-29(38)33-25-16-36(12-13-39-4)15-22(25)20-10-11-23(30)24(31)14-20/h5-11,14,22,25H,12-13,15-16H2,1-4H3,(H2,33,34,38). The largest absolute Gasteiger partial charge is 0.383 e. The first-order valence-corrected chi connectivity index (χ1v) is 13.9. The molecule has 0 aliphatic carbocycles. The highest BCUT2D eigenvalue weighted by Gasteiger charge is 2.35. The second-order valence-electron chi connectivity index (χ2n) is 9.95. The van der Waals surface area contributed by atoms with Crippen molar-refractivity contribution in [3.05, 3.63) is 82.0 Å². The van der Waals surface area contributed by atoms with Crippen LogP contribution in [-0.2, 0) is 4.74 Å². The molecule has 2 N–H and O–H groups in total. The number of aryl methyl sites for hydroxylation is 2. The first-order chi connectivity index (χ1) is 19.2. The van der Waals surface area contributed by atoms with Crippen LogP contribution in [-0.4, -0.2) is 65.1 Å². The normalized spacial score (nSPS) is 17.4. The number of aromatic nitrogens is 3. The lowest BCUT2D eigenvalue weighted by molar-refractivity contribution is 0.159. The SMILES string of the molecule is COCCN1CC(NC(=O)Nc2c(C)c(-c3sc(C)nc3C)nn2-c2ccccc2)C(c2ccc(F)c(F)c2)C1. The zero-order chi connectivity index (χ0) is 28.4. The number of hydrogen-bond acceptors (Lipinski definition) is 6. The lowest BCUT2D eigenvalue weighted by Crippen LogP contribution is -2.42. The molecule has 5 rings (SSSR count). The van der Waals surface area contributed by atoms with Gasteiger partial charge >= 0.3 is 6.03 Å². The first-order valence-electron chi connectivity index (χ1n) is 13.1. The Hall–Kier alpha value is -3.67. The molecule has 2 aromatic heterocycles. The molecule has 11 heteroatoms. The third-order valence-electron chi connectivity index (χ3n) is 7.17. The Morgan fingerprint density at radius 1 is 1.10 bits per heavy atom. The third-order valence-corrected chi connectivity index (χ3v) is 8.25. The van der Waals surface area contributed by atoms with Crippen molar-refractivity contribution < 1.29 is 18.3 Å². The summed E-state index contributed by atoms with van der Waals surface area (Å²) in [6.07, 6.45) is 0. The second-order valence-corrected chi connectivity index (χ2v) is 11.2. The van der Waals surface area contributed by atoms with Crippen LogP contribution in [0.4, 0.5) is 19.4 Å². The topological polar surface area (TPSA) is 84.3 Å². The number of methoxy groups -OCH3 is 1. The average Bonchev–Trinajstić information content (AvgIpc) is 3.59. The molecule has 2 atom stereocenters.